The quantitative estimate of drug-likeness (QED) is 0.528. The highest BCUT2D eigenvalue weighted by Gasteiger charge is 2.51. The minimum absolute atomic E-state index is 0.540. The Labute approximate surface area is 131 Å². The number of rotatable bonds is 1. The summed E-state index contributed by atoms with van der Waals surface area (Å²) in [6.07, 6.45) is 8.99. The maximum Gasteiger partial charge on any atom is 0.0188 e. The largest absolute Gasteiger partial charge is 0.0508 e. The van der Waals surface area contributed by atoms with Gasteiger partial charge in [-0.1, -0.05) is 15.9 Å². The zero-order chi connectivity index (χ0) is 12.3. The van der Waals surface area contributed by atoms with Crippen LogP contribution in [0.2, 0.25) is 0 Å². The predicted octanol–water partition coefficient (Wildman–Crippen LogP) is 5.52. The van der Waals surface area contributed by atoms with Crippen molar-refractivity contribution in [1.82, 2.24) is 0 Å². The molecule has 5 rings (SSSR count). The van der Waals surface area contributed by atoms with Gasteiger partial charge in [0.2, 0.25) is 0 Å². The van der Waals surface area contributed by atoms with E-state index < -0.39 is 0 Å². The second-order valence-corrected chi connectivity index (χ2v) is 9.02. The summed E-state index contributed by atoms with van der Waals surface area (Å²) in [5, 5.41) is 0. The van der Waals surface area contributed by atoms with Gasteiger partial charge < -0.3 is 0 Å². The van der Waals surface area contributed by atoms with Gasteiger partial charge in [0.05, 0.1) is 0 Å². The van der Waals surface area contributed by atoms with E-state index in [1.54, 1.807) is 5.56 Å². The summed E-state index contributed by atoms with van der Waals surface area (Å²) in [5.41, 5.74) is 2.17. The van der Waals surface area contributed by atoms with E-state index in [9.17, 15) is 0 Å². The molecular weight excluding hydrogens is 399 g/mol. The van der Waals surface area contributed by atoms with Crippen LogP contribution in [0.1, 0.15) is 44.1 Å². The van der Waals surface area contributed by atoms with Gasteiger partial charge in [-0.15, -0.1) is 0 Å². The first-order valence-corrected chi connectivity index (χ1v) is 8.97. The highest BCUT2D eigenvalue weighted by atomic mass is 127. The zero-order valence-electron chi connectivity index (χ0n) is 10.5. The molecule has 1 aromatic carbocycles. The zero-order valence-corrected chi connectivity index (χ0v) is 14.2. The minimum atomic E-state index is 0.540. The van der Waals surface area contributed by atoms with E-state index in [-0.39, 0.29) is 0 Å². The van der Waals surface area contributed by atoms with E-state index in [4.69, 9.17) is 0 Å². The van der Waals surface area contributed by atoms with E-state index in [1.807, 2.05) is 0 Å². The van der Waals surface area contributed by atoms with Crippen molar-refractivity contribution >= 4 is 38.5 Å². The van der Waals surface area contributed by atoms with Crippen LogP contribution >= 0.6 is 38.5 Å². The van der Waals surface area contributed by atoms with Crippen molar-refractivity contribution in [3.63, 3.8) is 0 Å². The van der Waals surface area contributed by atoms with Gasteiger partial charge in [0, 0.05) is 8.04 Å². The van der Waals surface area contributed by atoms with Crippen LogP contribution in [-0.4, -0.2) is 0 Å². The molecule has 0 nitrogen and oxygen atoms in total. The molecular formula is C16H18BrI. The van der Waals surface area contributed by atoms with E-state index in [1.165, 1.54) is 46.6 Å². The Morgan fingerprint density at radius 1 is 0.944 bits per heavy atom. The lowest BCUT2D eigenvalue weighted by atomic mass is 9.48. The van der Waals surface area contributed by atoms with Gasteiger partial charge in [-0.2, -0.15) is 0 Å². The molecule has 2 heteroatoms. The Kier molecular flexibility index (Phi) is 2.85. The fraction of sp³-hybridized carbons (Fsp3) is 0.625. The molecule has 1 aromatic rings. The van der Waals surface area contributed by atoms with Crippen LogP contribution in [0.5, 0.6) is 0 Å². The molecule has 0 N–H and O–H groups in total. The summed E-state index contributed by atoms with van der Waals surface area (Å²) in [7, 11) is 0. The average molecular weight is 417 g/mol. The van der Waals surface area contributed by atoms with Crippen LogP contribution < -0.4 is 0 Å². The molecule has 0 radical (unpaired) electrons. The fourth-order valence-corrected chi connectivity index (χ4v) is 6.92. The van der Waals surface area contributed by atoms with Crippen LogP contribution in [0.3, 0.4) is 0 Å². The van der Waals surface area contributed by atoms with Crippen LogP contribution in [0.4, 0.5) is 0 Å². The molecule has 0 saturated heterocycles. The van der Waals surface area contributed by atoms with E-state index >= 15 is 0 Å². The summed E-state index contributed by atoms with van der Waals surface area (Å²) < 4.78 is 2.65. The van der Waals surface area contributed by atoms with Crippen molar-refractivity contribution in [1.29, 1.82) is 0 Å². The molecule has 0 atom stereocenters. The topological polar surface area (TPSA) is 0 Å². The molecule has 4 saturated carbocycles. The summed E-state index contributed by atoms with van der Waals surface area (Å²) in [5.74, 6) is 3.11. The molecule has 4 bridgehead atoms. The monoisotopic (exact) mass is 416 g/mol. The third-order valence-electron chi connectivity index (χ3n) is 5.51. The lowest BCUT2D eigenvalue weighted by Gasteiger charge is -2.57. The highest BCUT2D eigenvalue weighted by Crippen LogP contribution is 2.60. The Morgan fingerprint density at radius 3 is 2.00 bits per heavy atom. The first kappa shape index (κ1) is 12.2. The van der Waals surface area contributed by atoms with Gasteiger partial charge in [0.1, 0.15) is 0 Å². The van der Waals surface area contributed by atoms with E-state index in [2.05, 4.69) is 56.7 Å². The maximum absolute atomic E-state index is 3.69. The second-order valence-electron chi connectivity index (χ2n) is 6.86. The molecule has 0 aliphatic heterocycles. The van der Waals surface area contributed by atoms with Crippen molar-refractivity contribution in [2.24, 2.45) is 17.8 Å². The molecule has 0 aromatic heterocycles. The molecule has 0 heterocycles. The van der Waals surface area contributed by atoms with Gasteiger partial charge in [-0.3, -0.25) is 0 Å². The average Bonchev–Trinajstić information content (AvgIpc) is 2.25. The van der Waals surface area contributed by atoms with Crippen LogP contribution in [0.15, 0.2) is 22.7 Å². The minimum Gasteiger partial charge on any atom is -0.0508 e. The normalized spacial score (nSPS) is 41.3. The Balaban J connectivity index is 1.79. The number of hydrogen-bond acceptors (Lipinski definition) is 0. The SMILES string of the molecule is Brc1cc(I)cc(C23CC4CC(CC(C4)C2)C3)c1. The van der Waals surface area contributed by atoms with Gasteiger partial charge in [0.25, 0.3) is 0 Å². The second kappa shape index (κ2) is 4.21. The first-order valence-electron chi connectivity index (χ1n) is 7.09. The van der Waals surface area contributed by atoms with Gasteiger partial charge >= 0.3 is 0 Å². The summed E-state index contributed by atoms with van der Waals surface area (Å²) in [6.45, 7) is 0. The number of benzene rings is 1. The predicted molar refractivity (Wildman–Crippen MR) is 86.7 cm³/mol. The van der Waals surface area contributed by atoms with Gasteiger partial charge in [0.15, 0.2) is 0 Å². The maximum atomic E-state index is 3.69. The molecule has 0 amide bonds. The van der Waals surface area contributed by atoms with Crippen molar-refractivity contribution in [2.45, 2.75) is 43.9 Å². The standard InChI is InChI=1S/C16H18BrI/c17-14-4-13(5-15(18)6-14)16-7-10-1-11(8-16)3-12(2-10)9-16/h4-6,10-12H,1-3,7-9H2. The van der Waals surface area contributed by atoms with Crippen LogP contribution in [0.25, 0.3) is 0 Å². The van der Waals surface area contributed by atoms with E-state index in [0.29, 0.717) is 5.41 Å². The lowest BCUT2D eigenvalue weighted by molar-refractivity contribution is -0.00524. The fourth-order valence-electron chi connectivity index (χ4n) is 5.32. The van der Waals surface area contributed by atoms with E-state index in [0.717, 1.165) is 17.8 Å². The number of halogens is 2. The Bertz CT molecular complexity index is 438. The summed E-state index contributed by atoms with van der Waals surface area (Å²) >= 11 is 6.15. The van der Waals surface area contributed by atoms with Gasteiger partial charge in [-0.05, 0) is 108 Å². The molecule has 4 aliphatic carbocycles. The molecule has 0 spiro atoms. The lowest BCUT2D eigenvalue weighted by Crippen LogP contribution is -2.48. The number of hydrogen-bond donors (Lipinski definition) is 0. The third-order valence-corrected chi connectivity index (χ3v) is 6.59. The van der Waals surface area contributed by atoms with Crippen LogP contribution in [0, 0.1) is 21.3 Å². The summed E-state index contributed by atoms with van der Waals surface area (Å²) in [4.78, 5) is 0. The third kappa shape index (κ3) is 1.90. The first-order chi connectivity index (χ1) is 8.63. The van der Waals surface area contributed by atoms with Gasteiger partial charge in [-0.25, -0.2) is 0 Å². The summed E-state index contributed by atoms with van der Waals surface area (Å²) in [6, 6.07) is 7.07. The highest BCUT2D eigenvalue weighted by molar-refractivity contribution is 14.1. The smallest absolute Gasteiger partial charge is 0.0188 e. The van der Waals surface area contributed by atoms with Crippen molar-refractivity contribution in [3.8, 4) is 0 Å². The van der Waals surface area contributed by atoms with Crippen molar-refractivity contribution < 1.29 is 0 Å². The molecule has 4 fully saturated rings. The molecule has 4 aliphatic rings. The van der Waals surface area contributed by atoms with Crippen LogP contribution in [-0.2, 0) is 5.41 Å². The Morgan fingerprint density at radius 2 is 1.50 bits per heavy atom. The van der Waals surface area contributed by atoms with Crippen molar-refractivity contribution in [2.75, 3.05) is 0 Å². The molecule has 96 valence electrons. The van der Waals surface area contributed by atoms with Crippen molar-refractivity contribution in [3.05, 3.63) is 31.8 Å². The Hall–Kier alpha value is 0.430. The molecule has 0 unspecified atom stereocenters. The molecule has 18 heavy (non-hydrogen) atoms.